The summed E-state index contributed by atoms with van der Waals surface area (Å²) in [6, 6.07) is 0. The van der Waals surface area contributed by atoms with Crippen LogP contribution in [0.25, 0.3) is 0 Å². The monoisotopic (exact) mass is 182 g/mol. The first kappa shape index (κ1) is 8.73. The highest BCUT2D eigenvalue weighted by Gasteiger charge is 2.47. The smallest absolute Gasteiger partial charge is 0.309 e. The van der Waals surface area contributed by atoms with E-state index in [-0.39, 0.29) is 23.6 Å². The lowest BCUT2D eigenvalue weighted by Gasteiger charge is -2.14. The predicted octanol–water partition coefficient (Wildman–Crippen LogP) is 1.16. The van der Waals surface area contributed by atoms with Crippen LogP contribution in [0.4, 0.5) is 0 Å². The maximum atomic E-state index is 11.5. The second-order valence-electron chi connectivity index (χ2n) is 4.00. The number of ketones is 1. The molecule has 0 bridgehead atoms. The van der Waals surface area contributed by atoms with Crippen LogP contribution in [0.1, 0.15) is 25.7 Å². The number of fused-ring (bicyclic) bond motifs is 1. The Labute approximate surface area is 77.4 Å². The van der Waals surface area contributed by atoms with Crippen LogP contribution in [-0.4, -0.2) is 18.9 Å². The number of carbonyl (C=O) groups is 2. The van der Waals surface area contributed by atoms with Crippen molar-refractivity contribution in [3.8, 4) is 0 Å². The average Bonchev–Trinajstić information content (AvgIpc) is 2.68. The third-order valence-corrected chi connectivity index (χ3v) is 3.43. The molecule has 0 spiro atoms. The van der Waals surface area contributed by atoms with Gasteiger partial charge in [-0.3, -0.25) is 9.59 Å². The van der Waals surface area contributed by atoms with Gasteiger partial charge in [-0.1, -0.05) is 0 Å². The number of hydrogen-bond donors (Lipinski definition) is 0. The van der Waals surface area contributed by atoms with E-state index in [0.29, 0.717) is 12.3 Å². The molecule has 13 heavy (non-hydrogen) atoms. The Morgan fingerprint density at radius 3 is 2.85 bits per heavy atom. The fourth-order valence-corrected chi connectivity index (χ4v) is 2.80. The van der Waals surface area contributed by atoms with E-state index in [2.05, 4.69) is 0 Å². The summed E-state index contributed by atoms with van der Waals surface area (Å²) in [5, 5.41) is 0. The zero-order valence-electron chi connectivity index (χ0n) is 7.79. The van der Waals surface area contributed by atoms with Gasteiger partial charge in [-0.25, -0.2) is 0 Å². The minimum atomic E-state index is -0.192. The molecule has 0 amide bonds. The summed E-state index contributed by atoms with van der Waals surface area (Å²) in [6.45, 7) is 0. The number of Topliss-reactive ketones (excluding diaryl/α,β-unsaturated/α-hetero) is 1. The Hall–Kier alpha value is -0.860. The number of esters is 1. The highest BCUT2D eigenvalue weighted by Crippen LogP contribution is 2.45. The van der Waals surface area contributed by atoms with Gasteiger partial charge >= 0.3 is 5.97 Å². The lowest BCUT2D eigenvalue weighted by Crippen LogP contribution is -2.25. The number of hydrogen-bond acceptors (Lipinski definition) is 3. The number of ether oxygens (including phenoxy) is 1. The summed E-state index contributed by atoms with van der Waals surface area (Å²) >= 11 is 0. The molecule has 3 heteroatoms. The van der Waals surface area contributed by atoms with Crippen LogP contribution in [0.5, 0.6) is 0 Å². The van der Waals surface area contributed by atoms with Crippen molar-refractivity contribution in [2.45, 2.75) is 25.7 Å². The fourth-order valence-electron chi connectivity index (χ4n) is 2.80. The normalized spacial score (nSPS) is 37.6. The summed E-state index contributed by atoms with van der Waals surface area (Å²) in [6.07, 6.45) is 3.52. The second-order valence-corrected chi connectivity index (χ2v) is 4.00. The molecule has 0 saturated heterocycles. The molecule has 2 saturated carbocycles. The Morgan fingerprint density at radius 2 is 2.15 bits per heavy atom. The lowest BCUT2D eigenvalue weighted by atomic mass is 9.91. The van der Waals surface area contributed by atoms with Crippen molar-refractivity contribution < 1.29 is 14.3 Å². The molecular weight excluding hydrogens is 168 g/mol. The lowest BCUT2D eigenvalue weighted by molar-refractivity contribution is -0.148. The van der Waals surface area contributed by atoms with E-state index in [4.69, 9.17) is 4.74 Å². The van der Waals surface area contributed by atoms with Crippen molar-refractivity contribution in [1.82, 2.24) is 0 Å². The number of methoxy groups -OCH3 is 1. The Bertz CT molecular complexity index is 247. The van der Waals surface area contributed by atoms with Gasteiger partial charge in [0, 0.05) is 12.3 Å². The first-order valence-corrected chi connectivity index (χ1v) is 4.84. The molecule has 2 aliphatic carbocycles. The van der Waals surface area contributed by atoms with E-state index in [1.807, 2.05) is 0 Å². The maximum Gasteiger partial charge on any atom is 0.309 e. The molecule has 2 rings (SSSR count). The predicted molar refractivity (Wildman–Crippen MR) is 46.0 cm³/mol. The van der Waals surface area contributed by atoms with Crippen LogP contribution in [0.2, 0.25) is 0 Å². The van der Waals surface area contributed by atoms with E-state index in [9.17, 15) is 9.59 Å². The van der Waals surface area contributed by atoms with E-state index < -0.39 is 0 Å². The number of carbonyl (C=O) groups excluding carboxylic acids is 2. The van der Waals surface area contributed by atoms with Gasteiger partial charge in [-0.15, -0.1) is 0 Å². The zero-order valence-corrected chi connectivity index (χ0v) is 7.79. The van der Waals surface area contributed by atoms with Gasteiger partial charge in [0.1, 0.15) is 5.78 Å². The highest BCUT2D eigenvalue weighted by atomic mass is 16.5. The quantitative estimate of drug-likeness (QED) is 0.571. The molecule has 0 N–H and O–H groups in total. The van der Waals surface area contributed by atoms with Crippen molar-refractivity contribution in [2.24, 2.45) is 17.8 Å². The van der Waals surface area contributed by atoms with Gasteiger partial charge in [-0.05, 0) is 25.2 Å². The summed E-state index contributed by atoms with van der Waals surface area (Å²) in [5.41, 5.74) is 0. The van der Waals surface area contributed by atoms with E-state index in [1.165, 1.54) is 7.11 Å². The first-order chi connectivity index (χ1) is 6.24. The fraction of sp³-hybridized carbons (Fsp3) is 0.800. The van der Waals surface area contributed by atoms with E-state index >= 15 is 0 Å². The molecule has 0 radical (unpaired) electrons. The van der Waals surface area contributed by atoms with E-state index in [0.717, 1.165) is 19.3 Å². The Kier molecular flexibility index (Phi) is 2.10. The highest BCUT2D eigenvalue weighted by molar-refractivity contribution is 5.89. The largest absolute Gasteiger partial charge is 0.469 e. The van der Waals surface area contributed by atoms with Crippen LogP contribution >= 0.6 is 0 Å². The van der Waals surface area contributed by atoms with Crippen LogP contribution < -0.4 is 0 Å². The number of rotatable bonds is 1. The van der Waals surface area contributed by atoms with Gasteiger partial charge in [0.05, 0.1) is 13.0 Å². The Balaban J connectivity index is 2.14. The van der Waals surface area contributed by atoms with Crippen molar-refractivity contribution in [2.75, 3.05) is 7.11 Å². The standard InChI is InChI=1S/C10H14O3/c1-13-10(12)7-4-2-6-3-5-8(11)9(6)7/h6-7,9H,2-5H2,1H3. The molecule has 0 aromatic carbocycles. The molecule has 0 aromatic rings. The van der Waals surface area contributed by atoms with Gasteiger partial charge in [-0.2, -0.15) is 0 Å². The van der Waals surface area contributed by atoms with Crippen molar-refractivity contribution in [3.05, 3.63) is 0 Å². The summed E-state index contributed by atoms with van der Waals surface area (Å²) in [5.74, 6) is 0.412. The minimum Gasteiger partial charge on any atom is -0.469 e. The average molecular weight is 182 g/mol. The van der Waals surface area contributed by atoms with Gasteiger partial charge in [0.25, 0.3) is 0 Å². The summed E-state index contributed by atoms with van der Waals surface area (Å²) < 4.78 is 4.70. The van der Waals surface area contributed by atoms with E-state index in [1.54, 1.807) is 0 Å². The van der Waals surface area contributed by atoms with Crippen LogP contribution in [-0.2, 0) is 14.3 Å². The summed E-state index contributed by atoms with van der Waals surface area (Å²) in [4.78, 5) is 22.8. The van der Waals surface area contributed by atoms with Crippen LogP contribution in [0.3, 0.4) is 0 Å². The van der Waals surface area contributed by atoms with Gasteiger partial charge in [0.2, 0.25) is 0 Å². The molecule has 3 atom stereocenters. The van der Waals surface area contributed by atoms with Crippen LogP contribution in [0.15, 0.2) is 0 Å². The minimum absolute atomic E-state index is 0.00699. The van der Waals surface area contributed by atoms with Gasteiger partial charge in [0.15, 0.2) is 0 Å². The molecule has 2 fully saturated rings. The molecule has 0 heterocycles. The molecule has 72 valence electrons. The third kappa shape index (κ3) is 1.26. The van der Waals surface area contributed by atoms with Crippen molar-refractivity contribution in [1.29, 1.82) is 0 Å². The summed E-state index contributed by atoms with van der Waals surface area (Å²) in [7, 11) is 1.40. The molecular formula is C10H14O3. The van der Waals surface area contributed by atoms with Crippen molar-refractivity contribution in [3.63, 3.8) is 0 Å². The molecule has 3 unspecified atom stereocenters. The third-order valence-electron chi connectivity index (χ3n) is 3.43. The van der Waals surface area contributed by atoms with Crippen LogP contribution in [0, 0.1) is 17.8 Å². The second kappa shape index (κ2) is 3.13. The Morgan fingerprint density at radius 1 is 1.38 bits per heavy atom. The molecule has 0 aromatic heterocycles. The molecule has 2 aliphatic rings. The zero-order chi connectivity index (χ0) is 9.42. The van der Waals surface area contributed by atoms with Crippen molar-refractivity contribution >= 4 is 11.8 Å². The first-order valence-electron chi connectivity index (χ1n) is 4.84. The topological polar surface area (TPSA) is 43.4 Å². The molecule has 0 aliphatic heterocycles. The SMILES string of the molecule is COC(=O)C1CCC2CCC(=O)C21. The van der Waals surface area contributed by atoms with Gasteiger partial charge < -0.3 is 4.74 Å². The maximum absolute atomic E-state index is 11.5. The molecule has 3 nitrogen and oxygen atoms in total.